The Kier molecular flexibility index (Phi) is 4.35. The van der Waals surface area contributed by atoms with Gasteiger partial charge >= 0.3 is 0 Å². The molecule has 0 atom stereocenters. The van der Waals surface area contributed by atoms with Gasteiger partial charge < -0.3 is 10.6 Å². The van der Waals surface area contributed by atoms with Gasteiger partial charge in [-0.15, -0.1) is 0 Å². The van der Waals surface area contributed by atoms with Gasteiger partial charge in [0.05, 0.1) is 11.9 Å². The topological polar surface area (TPSA) is 54.0 Å². The number of aromatic nitrogens is 1. The molecule has 0 fully saturated rings. The van der Waals surface area contributed by atoms with Crippen molar-refractivity contribution in [3.8, 4) is 0 Å². The Morgan fingerprint density at radius 2 is 1.95 bits per heavy atom. The average molecular weight is 269 g/mol. The largest absolute Gasteiger partial charge is 0.354 e. The van der Waals surface area contributed by atoms with E-state index in [1.165, 1.54) is 5.56 Å². The predicted molar refractivity (Wildman–Crippen MR) is 82.2 cm³/mol. The van der Waals surface area contributed by atoms with E-state index in [0.29, 0.717) is 5.82 Å². The predicted octanol–water partition coefficient (Wildman–Crippen LogP) is 3.73. The van der Waals surface area contributed by atoms with E-state index in [1.807, 2.05) is 45.0 Å². The van der Waals surface area contributed by atoms with Crippen LogP contribution in [0, 0.1) is 12.8 Å². The van der Waals surface area contributed by atoms with Crippen LogP contribution in [0.3, 0.4) is 0 Å². The fourth-order valence-corrected chi connectivity index (χ4v) is 1.70. The van der Waals surface area contributed by atoms with Crippen LogP contribution in [0.5, 0.6) is 0 Å². The van der Waals surface area contributed by atoms with Crippen molar-refractivity contribution < 1.29 is 4.79 Å². The molecule has 1 aromatic heterocycles. The summed E-state index contributed by atoms with van der Waals surface area (Å²) >= 11 is 0. The maximum absolute atomic E-state index is 11.6. The van der Waals surface area contributed by atoms with Crippen molar-refractivity contribution in [2.75, 3.05) is 10.6 Å². The second-order valence-electron chi connectivity index (χ2n) is 5.07. The summed E-state index contributed by atoms with van der Waals surface area (Å²) in [5, 5.41) is 6.04. The van der Waals surface area contributed by atoms with E-state index >= 15 is 0 Å². The van der Waals surface area contributed by atoms with Gasteiger partial charge in [0.25, 0.3) is 0 Å². The zero-order chi connectivity index (χ0) is 14.5. The molecule has 2 N–H and O–H groups in total. The summed E-state index contributed by atoms with van der Waals surface area (Å²) in [6, 6.07) is 11.8. The van der Waals surface area contributed by atoms with E-state index in [4.69, 9.17) is 0 Å². The summed E-state index contributed by atoms with van der Waals surface area (Å²) in [4.78, 5) is 15.8. The van der Waals surface area contributed by atoms with Crippen LogP contribution >= 0.6 is 0 Å². The average Bonchev–Trinajstić information content (AvgIpc) is 2.41. The summed E-state index contributed by atoms with van der Waals surface area (Å²) < 4.78 is 0. The van der Waals surface area contributed by atoms with Crippen molar-refractivity contribution in [2.24, 2.45) is 5.92 Å². The molecular formula is C16H19N3O. The van der Waals surface area contributed by atoms with E-state index in [9.17, 15) is 4.79 Å². The molecule has 1 heterocycles. The number of carbonyl (C=O) groups excluding carboxylic acids is 1. The standard InChI is InChI=1S/C16H19N3O/c1-11(2)16(20)19-15-8-7-14(10-17-15)18-13-6-4-5-12(3)9-13/h4-11,18H,1-3H3,(H,17,19,20). The Morgan fingerprint density at radius 1 is 1.15 bits per heavy atom. The third-order valence-corrected chi connectivity index (χ3v) is 2.85. The van der Waals surface area contributed by atoms with Crippen molar-refractivity contribution >= 4 is 23.1 Å². The molecule has 0 saturated heterocycles. The van der Waals surface area contributed by atoms with Gasteiger partial charge in [0.2, 0.25) is 5.91 Å². The van der Waals surface area contributed by atoms with E-state index < -0.39 is 0 Å². The van der Waals surface area contributed by atoms with Crippen LogP contribution in [0.4, 0.5) is 17.2 Å². The first-order valence-corrected chi connectivity index (χ1v) is 6.65. The lowest BCUT2D eigenvalue weighted by atomic mass is 10.2. The minimum atomic E-state index is -0.0538. The highest BCUT2D eigenvalue weighted by Crippen LogP contribution is 2.18. The lowest BCUT2D eigenvalue weighted by molar-refractivity contribution is -0.118. The molecule has 2 rings (SSSR count). The molecule has 2 aromatic rings. The quantitative estimate of drug-likeness (QED) is 0.889. The van der Waals surface area contributed by atoms with Crippen LogP contribution in [-0.4, -0.2) is 10.9 Å². The van der Waals surface area contributed by atoms with Gasteiger partial charge in [0.1, 0.15) is 5.82 Å². The number of aryl methyl sites for hydroxylation is 1. The molecule has 0 aliphatic heterocycles. The Bertz CT molecular complexity index is 591. The number of pyridine rings is 1. The number of carbonyl (C=O) groups is 1. The molecule has 0 spiro atoms. The lowest BCUT2D eigenvalue weighted by Gasteiger charge is -2.09. The smallest absolute Gasteiger partial charge is 0.228 e. The van der Waals surface area contributed by atoms with Crippen LogP contribution in [0.15, 0.2) is 42.6 Å². The summed E-state index contributed by atoms with van der Waals surface area (Å²) in [7, 11) is 0. The van der Waals surface area contributed by atoms with Crippen LogP contribution in [-0.2, 0) is 4.79 Å². The summed E-state index contributed by atoms with van der Waals surface area (Å²) in [5.41, 5.74) is 3.10. The van der Waals surface area contributed by atoms with Crippen LogP contribution in [0.2, 0.25) is 0 Å². The molecular weight excluding hydrogens is 250 g/mol. The second kappa shape index (κ2) is 6.19. The number of benzene rings is 1. The minimum absolute atomic E-state index is 0.0307. The van der Waals surface area contributed by atoms with Gasteiger partial charge in [-0.05, 0) is 36.8 Å². The number of anilines is 3. The number of nitrogens with one attached hydrogen (secondary N) is 2. The van der Waals surface area contributed by atoms with Crippen LogP contribution < -0.4 is 10.6 Å². The zero-order valence-electron chi connectivity index (χ0n) is 12.0. The molecule has 0 bridgehead atoms. The maximum atomic E-state index is 11.6. The van der Waals surface area contributed by atoms with Gasteiger partial charge in [-0.1, -0.05) is 26.0 Å². The highest BCUT2D eigenvalue weighted by molar-refractivity contribution is 5.91. The van der Waals surface area contributed by atoms with E-state index in [-0.39, 0.29) is 11.8 Å². The van der Waals surface area contributed by atoms with Crippen molar-refractivity contribution in [1.29, 1.82) is 0 Å². The van der Waals surface area contributed by atoms with Gasteiger partial charge in [-0.2, -0.15) is 0 Å². The normalized spacial score (nSPS) is 10.4. The second-order valence-corrected chi connectivity index (χ2v) is 5.07. The van der Waals surface area contributed by atoms with Gasteiger partial charge in [0.15, 0.2) is 0 Å². The highest BCUT2D eigenvalue weighted by Gasteiger charge is 2.07. The molecule has 4 heteroatoms. The maximum Gasteiger partial charge on any atom is 0.228 e. The van der Waals surface area contributed by atoms with Crippen LogP contribution in [0.25, 0.3) is 0 Å². The van der Waals surface area contributed by atoms with E-state index in [1.54, 1.807) is 12.3 Å². The summed E-state index contributed by atoms with van der Waals surface area (Å²) in [5.74, 6) is 0.484. The molecule has 0 unspecified atom stereocenters. The monoisotopic (exact) mass is 269 g/mol. The van der Waals surface area contributed by atoms with Gasteiger partial charge in [-0.3, -0.25) is 4.79 Å². The molecule has 0 saturated carbocycles. The minimum Gasteiger partial charge on any atom is -0.354 e. The van der Waals surface area contributed by atoms with E-state index in [0.717, 1.165) is 11.4 Å². The number of amides is 1. The molecule has 104 valence electrons. The van der Waals surface area contributed by atoms with Gasteiger partial charge in [0, 0.05) is 11.6 Å². The SMILES string of the molecule is Cc1cccc(Nc2ccc(NC(=O)C(C)C)nc2)c1. The molecule has 0 aliphatic rings. The Hall–Kier alpha value is -2.36. The number of hydrogen-bond donors (Lipinski definition) is 2. The molecule has 0 aliphatic carbocycles. The Labute approximate surface area is 119 Å². The first kappa shape index (κ1) is 14.1. The number of rotatable bonds is 4. The zero-order valence-corrected chi connectivity index (χ0v) is 12.0. The molecule has 1 amide bonds. The fraction of sp³-hybridized carbons (Fsp3) is 0.250. The molecule has 0 radical (unpaired) electrons. The molecule has 1 aromatic carbocycles. The van der Waals surface area contributed by atoms with Crippen molar-refractivity contribution in [2.45, 2.75) is 20.8 Å². The lowest BCUT2D eigenvalue weighted by Crippen LogP contribution is -2.18. The third-order valence-electron chi connectivity index (χ3n) is 2.85. The van der Waals surface area contributed by atoms with Gasteiger partial charge in [-0.25, -0.2) is 4.98 Å². The van der Waals surface area contributed by atoms with Crippen molar-refractivity contribution in [1.82, 2.24) is 4.98 Å². The third kappa shape index (κ3) is 3.82. The van der Waals surface area contributed by atoms with Crippen molar-refractivity contribution in [3.05, 3.63) is 48.2 Å². The van der Waals surface area contributed by atoms with E-state index in [2.05, 4.69) is 21.7 Å². The fourth-order valence-electron chi connectivity index (χ4n) is 1.70. The first-order valence-electron chi connectivity index (χ1n) is 6.65. The molecule has 20 heavy (non-hydrogen) atoms. The number of nitrogens with zero attached hydrogens (tertiary/aromatic N) is 1. The first-order chi connectivity index (χ1) is 9.54. The summed E-state index contributed by atoms with van der Waals surface area (Å²) in [6.45, 7) is 5.75. The van der Waals surface area contributed by atoms with Crippen molar-refractivity contribution in [3.63, 3.8) is 0 Å². The number of hydrogen-bond acceptors (Lipinski definition) is 3. The van der Waals surface area contributed by atoms with Crippen LogP contribution in [0.1, 0.15) is 19.4 Å². The Morgan fingerprint density at radius 3 is 2.55 bits per heavy atom. The highest BCUT2D eigenvalue weighted by atomic mass is 16.1. The molecule has 4 nitrogen and oxygen atoms in total. The summed E-state index contributed by atoms with van der Waals surface area (Å²) in [6.07, 6.45) is 1.71. The Balaban J connectivity index is 2.03.